The van der Waals surface area contributed by atoms with Gasteiger partial charge in [-0.05, 0) is 53.2 Å². The monoisotopic (exact) mass is 502 g/mol. The zero-order valence-electron chi connectivity index (χ0n) is 21.0. The molecular weight excluding hydrogens is 469 g/mol. The Morgan fingerprint density at radius 1 is 1.06 bits per heavy atom. The minimum Gasteiger partial charge on any atom is -0.444 e. The molecule has 1 aromatic carbocycles. The maximum absolute atomic E-state index is 15.0. The van der Waals surface area contributed by atoms with E-state index in [0.29, 0.717) is 0 Å². The number of hydrogen-bond acceptors (Lipinski definition) is 6. The van der Waals surface area contributed by atoms with E-state index in [-0.39, 0.29) is 17.9 Å². The quantitative estimate of drug-likeness (QED) is 0.450. The number of nitrogens with zero attached hydrogens (tertiary/aromatic N) is 1. The minimum atomic E-state index is -3.04. The summed E-state index contributed by atoms with van der Waals surface area (Å²) in [4.78, 5) is 38.3. The van der Waals surface area contributed by atoms with Crippen LogP contribution in [0.4, 0.5) is 22.8 Å². The fourth-order valence-corrected chi connectivity index (χ4v) is 3.44. The van der Waals surface area contributed by atoms with Crippen molar-refractivity contribution in [2.45, 2.75) is 84.0 Å². The lowest BCUT2D eigenvalue weighted by Crippen LogP contribution is -2.52. The van der Waals surface area contributed by atoms with Crippen LogP contribution in [0.5, 0.6) is 5.75 Å². The second-order valence-corrected chi connectivity index (χ2v) is 10.5. The molecule has 8 nitrogen and oxygen atoms in total. The van der Waals surface area contributed by atoms with Crippen LogP contribution in [0.25, 0.3) is 0 Å². The van der Waals surface area contributed by atoms with Gasteiger partial charge in [-0.15, -0.1) is 0 Å². The van der Waals surface area contributed by atoms with Crippen LogP contribution in [0.3, 0.4) is 0 Å². The number of rotatable bonds is 5. The lowest BCUT2D eigenvalue weighted by Gasteiger charge is -2.30. The summed E-state index contributed by atoms with van der Waals surface area (Å²) in [6.45, 7) is 10.3. The van der Waals surface area contributed by atoms with Crippen LogP contribution in [-0.2, 0) is 14.3 Å². The van der Waals surface area contributed by atoms with Crippen molar-refractivity contribution < 1.29 is 41.8 Å². The van der Waals surface area contributed by atoms with Crippen LogP contribution in [0.1, 0.15) is 66.4 Å². The predicted octanol–water partition coefficient (Wildman–Crippen LogP) is 5.00. The van der Waals surface area contributed by atoms with E-state index in [1.165, 1.54) is 19.1 Å². The van der Waals surface area contributed by atoms with Gasteiger partial charge in [0, 0.05) is 24.9 Å². The summed E-state index contributed by atoms with van der Waals surface area (Å²) in [6, 6.07) is 2.15. The molecule has 2 rings (SSSR count). The van der Waals surface area contributed by atoms with E-state index in [0.717, 1.165) is 11.0 Å². The van der Waals surface area contributed by atoms with Gasteiger partial charge in [0.15, 0.2) is 0 Å². The predicted molar refractivity (Wildman–Crippen MR) is 121 cm³/mol. The first kappa shape index (κ1) is 28.3. The van der Waals surface area contributed by atoms with E-state index in [1.54, 1.807) is 41.5 Å². The summed E-state index contributed by atoms with van der Waals surface area (Å²) in [5.41, 5.74) is -1.69. The third-order valence-corrected chi connectivity index (χ3v) is 4.97. The van der Waals surface area contributed by atoms with Crippen LogP contribution < -0.4 is 10.1 Å². The number of carbonyl (C=O) groups excluding carboxylic acids is 3. The number of likely N-dealkylation sites (tertiary alicyclic amines) is 1. The number of amides is 2. The molecule has 1 fully saturated rings. The molecule has 0 saturated carbocycles. The van der Waals surface area contributed by atoms with Crippen molar-refractivity contribution in [2.24, 2.45) is 0 Å². The van der Waals surface area contributed by atoms with Gasteiger partial charge in [-0.3, -0.25) is 4.79 Å². The van der Waals surface area contributed by atoms with Gasteiger partial charge in [0.05, 0.1) is 6.54 Å². The van der Waals surface area contributed by atoms with E-state index >= 15 is 4.39 Å². The van der Waals surface area contributed by atoms with Gasteiger partial charge in [0.1, 0.15) is 28.8 Å². The fourth-order valence-electron chi connectivity index (χ4n) is 3.44. The van der Waals surface area contributed by atoms with Crippen LogP contribution in [0.2, 0.25) is 0 Å². The zero-order chi connectivity index (χ0) is 26.8. The standard InChI is InChI=1S/C24H33F3N2O6/c1-14(16-9-8-15(12-17(16)25)33-21(32)35-23(5,6)7)18(28-20(31)34-22(2,3)4)19(30)29-11-10-24(26,27)13-29/h8-9,12,14,18H,10-11,13H2,1-7H3,(H,28,31)/t14-,18-/m0/s1. The van der Waals surface area contributed by atoms with Gasteiger partial charge >= 0.3 is 12.2 Å². The van der Waals surface area contributed by atoms with Crippen molar-refractivity contribution >= 4 is 18.2 Å². The highest BCUT2D eigenvalue weighted by atomic mass is 19.3. The van der Waals surface area contributed by atoms with Crippen LogP contribution >= 0.6 is 0 Å². The van der Waals surface area contributed by atoms with Gasteiger partial charge in [-0.25, -0.2) is 22.8 Å². The topological polar surface area (TPSA) is 94.2 Å². The van der Waals surface area contributed by atoms with Crippen LogP contribution in [-0.4, -0.2) is 59.3 Å². The van der Waals surface area contributed by atoms with Crippen molar-refractivity contribution in [1.29, 1.82) is 0 Å². The summed E-state index contributed by atoms with van der Waals surface area (Å²) in [6.07, 6.45) is -2.47. The normalized spacial score (nSPS) is 17.4. The number of benzene rings is 1. The SMILES string of the molecule is C[C@@H](c1ccc(OC(=O)OC(C)(C)C)cc1F)[C@H](NC(=O)OC(C)(C)C)C(=O)N1CCC(F)(F)C1. The van der Waals surface area contributed by atoms with Crippen LogP contribution in [0.15, 0.2) is 18.2 Å². The number of nitrogens with one attached hydrogen (secondary N) is 1. The molecule has 0 bridgehead atoms. The van der Waals surface area contributed by atoms with Gasteiger partial charge in [-0.1, -0.05) is 13.0 Å². The maximum atomic E-state index is 15.0. The molecule has 11 heteroatoms. The number of hydrogen-bond donors (Lipinski definition) is 1. The van der Waals surface area contributed by atoms with E-state index in [2.05, 4.69) is 5.32 Å². The van der Waals surface area contributed by atoms with E-state index < -0.39 is 66.0 Å². The smallest absolute Gasteiger partial charge is 0.444 e. The minimum absolute atomic E-state index is 0.00176. The molecule has 0 spiro atoms. The first-order valence-corrected chi connectivity index (χ1v) is 11.2. The van der Waals surface area contributed by atoms with Crippen molar-refractivity contribution in [2.75, 3.05) is 13.1 Å². The van der Waals surface area contributed by atoms with Crippen molar-refractivity contribution in [3.05, 3.63) is 29.6 Å². The second-order valence-electron chi connectivity index (χ2n) is 10.5. The summed E-state index contributed by atoms with van der Waals surface area (Å²) in [5.74, 6) is -5.75. The lowest BCUT2D eigenvalue weighted by atomic mass is 9.91. The summed E-state index contributed by atoms with van der Waals surface area (Å²) >= 11 is 0. The third-order valence-electron chi connectivity index (χ3n) is 4.97. The fraction of sp³-hybridized carbons (Fsp3) is 0.625. The molecule has 35 heavy (non-hydrogen) atoms. The first-order chi connectivity index (χ1) is 15.9. The van der Waals surface area contributed by atoms with Gasteiger partial charge in [0.25, 0.3) is 5.92 Å². The highest BCUT2D eigenvalue weighted by Gasteiger charge is 2.44. The van der Waals surface area contributed by atoms with Crippen molar-refractivity contribution in [3.63, 3.8) is 0 Å². The lowest BCUT2D eigenvalue weighted by molar-refractivity contribution is -0.134. The Morgan fingerprint density at radius 2 is 1.66 bits per heavy atom. The molecule has 1 N–H and O–H groups in total. The average Bonchev–Trinajstić information content (AvgIpc) is 3.02. The van der Waals surface area contributed by atoms with E-state index in [4.69, 9.17) is 14.2 Å². The molecule has 0 aliphatic carbocycles. The molecule has 1 aliphatic rings. The summed E-state index contributed by atoms with van der Waals surface area (Å²) in [7, 11) is 0. The van der Waals surface area contributed by atoms with Gasteiger partial charge in [-0.2, -0.15) is 0 Å². The maximum Gasteiger partial charge on any atom is 0.514 e. The molecule has 1 aromatic rings. The number of ether oxygens (including phenoxy) is 3. The molecule has 196 valence electrons. The second kappa shape index (κ2) is 10.3. The molecule has 2 amide bonds. The average molecular weight is 503 g/mol. The van der Waals surface area contributed by atoms with Gasteiger partial charge < -0.3 is 24.4 Å². The third kappa shape index (κ3) is 8.63. The molecule has 1 saturated heterocycles. The van der Waals surface area contributed by atoms with Crippen molar-refractivity contribution in [1.82, 2.24) is 10.2 Å². The Kier molecular flexibility index (Phi) is 8.34. The molecule has 2 atom stereocenters. The first-order valence-electron chi connectivity index (χ1n) is 11.2. The Labute approximate surface area is 203 Å². The summed E-state index contributed by atoms with van der Waals surface area (Å²) < 4.78 is 57.7. The Hall–Kier alpha value is -2.98. The highest BCUT2D eigenvalue weighted by Crippen LogP contribution is 2.31. The number of halogens is 3. The molecule has 1 aliphatic heterocycles. The number of carbonyl (C=O) groups is 3. The molecule has 0 unspecified atom stereocenters. The Bertz CT molecular complexity index is 956. The summed E-state index contributed by atoms with van der Waals surface area (Å²) in [5, 5.41) is 2.41. The van der Waals surface area contributed by atoms with E-state index in [9.17, 15) is 23.2 Å². The number of alkyl halides is 2. The zero-order valence-corrected chi connectivity index (χ0v) is 21.0. The number of alkyl carbamates (subject to hydrolysis) is 1. The molecule has 1 heterocycles. The van der Waals surface area contributed by atoms with E-state index in [1.807, 2.05) is 0 Å². The van der Waals surface area contributed by atoms with Crippen molar-refractivity contribution in [3.8, 4) is 5.75 Å². The molecule has 0 aromatic heterocycles. The molecular formula is C24H33F3N2O6. The Morgan fingerprint density at radius 3 is 2.14 bits per heavy atom. The highest BCUT2D eigenvalue weighted by molar-refractivity contribution is 5.87. The van der Waals surface area contributed by atoms with Crippen LogP contribution in [0, 0.1) is 5.82 Å². The Balaban J connectivity index is 2.27. The van der Waals surface area contributed by atoms with Gasteiger partial charge in [0.2, 0.25) is 5.91 Å². The largest absolute Gasteiger partial charge is 0.514 e. The molecule has 0 radical (unpaired) electrons.